The number of hydrogen-bond acceptors (Lipinski definition) is 4. The zero-order chi connectivity index (χ0) is 15.2. The number of nitrogens with one attached hydrogen (secondary N) is 1. The van der Waals surface area contributed by atoms with Crippen molar-refractivity contribution in [1.29, 1.82) is 0 Å². The molecule has 6 heteroatoms. The van der Waals surface area contributed by atoms with E-state index in [0.29, 0.717) is 23.5 Å². The molecule has 1 amide bonds. The molecule has 0 aliphatic rings. The van der Waals surface area contributed by atoms with Gasteiger partial charge in [-0.25, -0.2) is 0 Å². The van der Waals surface area contributed by atoms with Gasteiger partial charge >= 0.3 is 0 Å². The van der Waals surface area contributed by atoms with Crippen LogP contribution in [0.5, 0.6) is 5.75 Å². The Balaban J connectivity index is 2.14. The first-order chi connectivity index (χ1) is 10.1. The summed E-state index contributed by atoms with van der Waals surface area (Å²) in [4.78, 5) is 13.0. The first-order valence-corrected chi connectivity index (χ1v) is 7.73. The maximum Gasteiger partial charge on any atom is 0.256 e. The largest absolute Gasteiger partial charge is 0.497 e. The van der Waals surface area contributed by atoms with Crippen molar-refractivity contribution in [2.24, 2.45) is 5.73 Å². The van der Waals surface area contributed by atoms with Gasteiger partial charge in [0.05, 0.1) is 24.1 Å². The standard InChI is InChI=1S/C15H13BrN2O2S/c1-20-13-7-11(16)6-12(8-13)18-15(19)10-5-14(21-9-10)3-2-4-17/h5-9H,4,17H2,1H3,(H,18,19). The number of amides is 1. The molecule has 0 saturated carbocycles. The average Bonchev–Trinajstić information content (AvgIpc) is 2.93. The minimum absolute atomic E-state index is 0.188. The van der Waals surface area contributed by atoms with Crippen molar-refractivity contribution < 1.29 is 9.53 Å². The molecule has 0 radical (unpaired) electrons. The predicted molar refractivity (Wildman–Crippen MR) is 88.9 cm³/mol. The number of ether oxygens (including phenoxy) is 1. The van der Waals surface area contributed by atoms with E-state index < -0.39 is 0 Å². The molecule has 0 fully saturated rings. The smallest absolute Gasteiger partial charge is 0.256 e. The number of nitrogens with two attached hydrogens (primary N) is 1. The third-order valence-corrected chi connectivity index (χ3v) is 3.84. The normalized spacial score (nSPS) is 9.67. The topological polar surface area (TPSA) is 64.3 Å². The number of halogens is 1. The van der Waals surface area contributed by atoms with Crippen LogP contribution in [0.25, 0.3) is 0 Å². The van der Waals surface area contributed by atoms with Crippen LogP contribution in [0.2, 0.25) is 0 Å². The van der Waals surface area contributed by atoms with E-state index in [2.05, 4.69) is 33.1 Å². The van der Waals surface area contributed by atoms with Gasteiger partial charge in [-0.3, -0.25) is 4.79 Å². The second kappa shape index (κ2) is 7.27. The van der Waals surface area contributed by atoms with Crippen molar-refractivity contribution in [3.8, 4) is 17.6 Å². The quantitative estimate of drug-likeness (QED) is 0.822. The van der Waals surface area contributed by atoms with Crippen LogP contribution in [0.1, 0.15) is 15.2 Å². The van der Waals surface area contributed by atoms with Crippen molar-refractivity contribution in [1.82, 2.24) is 0 Å². The van der Waals surface area contributed by atoms with E-state index >= 15 is 0 Å². The van der Waals surface area contributed by atoms with E-state index in [4.69, 9.17) is 10.5 Å². The second-order valence-electron chi connectivity index (χ2n) is 4.04. The molecule has 0 saturated heterocycles. The van der Waals surface area contributed by atoms with E-state index in [9.17, 15) is 4.79 Å². The van der Waals surface area contributed by atoms with Crippen molar-refractivity contribution in [3.05, 3.63) is 44.6 Å². The Morgan fingerprint density at radius 2 is 2.24 bits per heavy atom. The highest BCUT2D eigenvalue weighted by Crippen LogP contribution is 2.25. The Hall–Kier alpha value is -1.81. The van der Waals surface area contributed by atoms with Crippen molar-refractivity contribution in [2.45, 2.75) is 0 Å². The molecule has 0 atom stereocenters. The number of rotatable bonds is 3. The van der Waals surface area contributed by atoms with Gasteiger partial charge in [0.1, 0.15) is 5.75 Å². The summed E-state index contributed by atoms with van der Waals surface area (Å²) in [5, 5.41) is 4.60. The van der Waals surface area contributed by atoms with Crippen LogP contribution in [-0.2, 0) is 0 Å². The number of anilines is 1. The highest BCUT2D eigenvalue weighted by Gasteiger charge is 2.09. The summed E-state index contributed by atoms with van der Waals surface area (Å²) >= 11 is 4.79. The lowest BCUT2D eigenvalue weighted by molar-refractivity contribution is 0.102. The zero-order valence-electron chi connectivity index (χ0n) is 11.3. The van der Waals surface area contributed by atoms with Crippen LogP contribution in [0, 0.1) is 11.8 Å². The number of thiophene rings is 1. The predicted octanol–water partition coefficient (Wildman–Crippen LogP) is 3.08. The Kier molecular flexibility index (Phi) is 5.39. The average molecular weight is 365 g/mol. The lowest BCUT2D eigenvalue weighted by atomic mass is 10.2. The molecule has 0 unspecified atom stereocenters. The van der Waals surface area contributed by atoms with Gasteiger partial charge in [0.15, 0.2) is 0 Å². The Labute approximate surface area is 135 Å². The van der Waals surface area contributed by atoms with Crippen LogP contribution < -0.4 is 15.8 Å². The molecular weight excluding hydrogens is 352 g/mol. The molecule has 1 aromatic carbocycles. The summed E-state index contributed by atoms with van der Waals surface area (Å²) in [6.07, 6.45) is 0. The van der Waals surface area contributed by atoms with Gasteiger partial charge in [-0.1, -0.05) is 27.8 Å². The Bertz CT molecular complexity index is 716. The van der Waals surface area contributed by atoms with Gasteiger partial charge in [0.2, 0.25) is 0 Å². The maximum atomic E-state index is 12.2. The monoisotopic (exact) mass is 364 g/mol. The van der Waals surface area contributed by atoms with E-state index in [1.54, 1.807) is 24.6 Å². The van der Waals surface area contributed by atoms with Crippen LogP contribution >= 0.6 is 27.3 Å². The number of hydrogen-bond donors (Lipinski definition) is 2. The fourth-order valence-electron chi connectivity index (χ4n) is 1.62. The van der Waals surface area contributed by atoms with Gasteiger partial charge in [-0.05, 0) is 18.2 Å². The van der Waals surface area contributed by atoms with Crippen molar-refractivity contribution in [3.63, 3.8) is 0 Å². The second-order valence-corrected chi connectivity index (χ2v) is 5.87. The molecule has 0 aliphatic heterocycles. The van der Waals surface area contributed by atoms with Gasteiger partial charge < -0.3 is 15.8 Å². The van der Waals surface area contributed by atoms with E-state index in [1.165, 1.54) is 11.3 Å². The number of carbonyl (C=O) groups is 1. The number of carbonyl (C=O) groups excluding carboxylic acids is 1. The summed E-state index contributed by atoms with van der Waals surface area (Å²) in [7, 11) is 1.58. The first-order valence-electron chi connectivity index (χ1n) is 6.06. The first kappa shape index (κ1) is 15.6. The minimum atomic E-state index is -0.188. The van der Waals surface area contributed by atoms with Gasteiger partial charge in [0, 0.05) is 21.6 Å². The third-order valence-electron chi connectivity index (χ3n) is 2.54. The summed E-state index contributed by atoms with van der Waals surface area (Å²) in [6.45, 7) is 0.303. The zero-order valence-corrected chi connectivity index (χ0v) is 13.7. The molecule has 1 aromatic heterocycles. The fraction of sp³-hybridized carbons (Fsp3) is 0.133. The van der Waals surface area contributed by atoms with E-state index in [0.717, 1.165) is 9.35 Å². The molecular formula is C15H13BrN2O2S. The van der Waals surface area contributed by atoms with Crippen molar-refractivity contribution in [2.75, 3.05) is 19.0 Å². The molecule has 4 nitrogen and oxygen atoms in total. The highest BCUT2D eigenvalue weighted by atomic mass is 79.9. The van der Waals surface area contributed by atoms with E-state index in [1.807, 2.05) is 12.1 Å². The summed E-state index contributed by atoms with van der Waals surface area (Å²) in [5.41, 5.74) is 6.55. The number of methoxy groups -OCH3 is 1. The van der Waals surface area contributed by atoms with Crippen LogP contribution in [-0.4, -0.2) is 19.6 Å². The molecule has 3 N–H and O–H groups in total. The summed E-state index contributed by atoms with van der Waals surface area (Å²) in [5.74, 6) is 6.15. The molecule has 1 heterocycles. The van der Waals surface area contributed by atoms with Crippen molar-refractivity contribution >= 4 is 38.9 Å². The minimum Gasteiger partial charge on any atom is -0.497 e. The third kappa shape index (κ3) is 4.33. The molecule has 0 aliphatic carbocycles. The summed E-state index contributed by atoms with van der Waals surface area (Å²) < 4.78 is 5.99. The van der Waals surface area contributed by atoms with Crippen LogP contribution in [0.15, 0.2) is 34.1 Å². The number of benzene rings is 1. The van der Waals surface area contributed by atoms with Crippen LogP contribution in [0.4, 0.5) is 5.69 Å². The molecule has 21 heavy (non-hydrogen) atoms. The molecule has 2 rings (SSSR count). The van der Waals surface area contributed by atoms with Gasteiger partial charge in [-0.15, -0.1) is 11.3 Å². The Morgan fingerprint density at radius 1 is 1.43 bits per heavy atom. The maximum absolute atomic E-state index is 12.2. The fourth-order valence-corrected chi connectivity index (χ4v) is 2.84. The van der Waals surface area contributed by atoms with Crippen LogP contribution in [0.3, 0.4) is 0 Å². The highest BCUT2D eigenvalue weighted by molar-refractivity contribution is 9.10. The van der Waals surface area contributed by atoms with Gasteiger partial charge in [-0.2, -0.15) is 0 Å². The van der Waals surface area contributed by atoms with E-state index in [-0.39, 0.29) is 5.91 Å². The van der Waals surface area contributed by atoms with Gasteiger partial charge in [0.25, 0.3) is 5.91 Å². The lowest BCUT2D eigenvalue weighted by Crippen LogP contribution is -2.10. The molecule has 2 aromatic rings. The molecule has 0 spiro atoms. The molecule has 0 bridgehead atoms. The SMILES string of the molecule is COc1cc(Br)cc(NC(=O)c2csc(C#CCN)c2)c1. The Morgan fingerprint density at radius 3 is 2.95 bits per heavy atom. The summed E-state index contributed by atoms with van der Waals surface area (Å²) in [6, 6.07) is 7.13. The molecule has 108 valence electrons. The lowest BCUT2D eigenvalue weighted by Gasteiger charge is -2.07.